The van der Waals surface area contributed by atoms with Crippen molar-refractivity contribution >= 4 is 27.9 Å². The summed E-state index contributed by atoms with van der Waals surface area (Å²) in [5.74, 6) is -0.137. The zero-order chi connectivity index (χ0) is 13.8. The van der Waals surface area contributed by atoms with Crippen LogP contribution in [-0.2, 0) is 4.74 Å². The number of aromatic nitrogens is 1. The fraction of sp³-hybridized carbons (Fsp3) is 0.417. The minimum absolute atomic E-state index is 0.0705. The van der Waals surface area contributed by atoms with Crippen molar-refractivity contribution < 1.29 is 14.3 Å². The molecule has 0 saturated carbocycles. The van der Waals surface area contributed by atoms with Crippen molar-refractivity contribution in [3.8, 4) is 0 Å². The summed E-state index contributed by atoms with van der Waals surface area (Å²) < 4.78 is 5.21. The first kappa shape index (κ1) is 13.8. The highest BCUT2D eigenvalue weighted by atomic mass is 79.9. The molecule has 7 heteroatoms. The second-order valence-corrected chi connectivity index (χ2v) is 5.06. The number of hydrogen-bond acceptors (Lipinski definition) is 4. The summed E-state index contributed by atoms with van der Waals surface area (Å²) in [7, 11) is 1.32. The lowest BCUT2D eigenvalue weighted by Crippen LogP contribution is -2.38. The molecule has 0 radical (unpaired) electrons. The van der Waals surface area contributed by atoms with Gasteiger partial charge in [-0.15, -0.1) is 0 Å². The SMILES string of the molecule is COC(=O)NC1CCN(C(=O)c2ncccc2Br)C1. The van der Waals surface area contributed by atoms with E-state index in [1.165, 1.54) is 7.11 Å². The van der Waals surface area contributed by atoms with Gasteiger partial charge >= 0.3 is 6.09 Å². The summed E-state index contributed by atoms with van der Waals surface area (Å²) in [6.07, 6.45) is 1.82. The largest absolute Gasteiger partial charge is 0.453 e. The van der Waals surface area contributed by atoms with Gasteiger partial charge in [-0.1, -0.05) is 0 Å². The lowest BCUT2D eigenvalue weighted by atomic mass is 10.3. The van der Waals surface area contributed by atoms with Crippen LogP contribution in [0.25, 0.3) is 0 Å². The first-order valence-electron chi connectivity index (χ1n) is 5.86. The number of rotatable bonds is 2. The van der Waals surface area contributed by atoms with E-state index < -0.39 is 6.09 Å². The molecule has 19 heavy (non-hydrogen) atoms. The van der Waals surface area contributed by atoms with Gasteiger partial charge in [-0.05, 0) is 34.5 Å². The average Bonchev–Trinajstić information content (AvgIpc) is 2.87. The van der Waals surface area contributed by atoms with Crippen LogP contribution in [0.4, 0.5) is 4.79 Å². The minimum atomic E-state index is -0.474. The number of methoxy groups -OCH3 is 1. The zero-order valence-corrected chi connectivity index (χ0v) is 12.0. The molecule has 1 aliphatic heterocycles. The first-order valence-corrected chi connectivity index (χ1v) is 6.65. The Bertz CT molecular complexity index is 495. The zero-order valence-electron chi connectivity index (χ0n) is 10.4. The summed E-state index contributed by atoms with van der Waals surface area (Å²) in [5, 5.41) is 2.69. The molecule has 102 valence electrons. The van der Waals surface area contributed by atoms with Crippen LogP contribution in [0.15, 0.2) is 22.8 Å². The number of hydrogen-bond donors (Lipinski definition) is 1. The Labute approximate surface area is 119 Å². The molecule has 1 unspecified atom stereocenters. The number of amides is 2. The van der Waals surface area contributed by atoms with Gasteiger partial charge in [-0.3, -0.25) is 4.79 Å². The van der Waals surface area contributed by atoms with Crippen molar-refractivity contribution in [1.82, 2.24) is 15.2 Å². The number of likely N-dealkylation sites (tertiary alicyclic amines) is 1. The molecule has 2 heterocycles. The molecule has 1 atom stereocenters. The third kappa shape index (κ3) is 3.23. The Balaban J connectivity index is 1.99. The second-order valence-electron chi connectivity index (χ2n) is 4.21. The maximum atomic E-state index is 12.3. The van der Waals surface area contributed by atoms with Gasteiger partial charge in [-0.2, -0.15) is 0 Å². The molecule has 6 nitrogen and oxygen atoms in total. The number of alkyl carbamates (subject to hydrolysis) is 1. The predicted molar refractivity (Wildman–Crippen MR) is 71.8 cm³/mol. The highest BCUT2D eigenvalue weighted by Crippen LogP contribution is 2.18. The van der Waals surface area contributed by atoms with Gasteiger partial charge in [0.05, 0.1) is 13.2 Å². The van der Waals surface area contributed by atoms with Crippen LogP contribution in [0.3, 0.4) is 0 Å². The molecule has 1 aliphatic rings. The van der Waals surface area contributed by atoms with Gasteiger partial charge in [-0.25, -0.2) is 9.78 Å². The number of nitrogens with zero attached hydrogens (tertiary/aromatic N) is 2. The Morgan fingerprint density at radius 3 is 3.05 bits per heavy atom. The van der Waals surface area contributed by atoms with Crippen molar-refractivity contribution in [3.05, 3.63) is 28.5 Å². The Kier molecular flexibility index (Phi) is 4.36. The third-order valence-corrected chi connectivity index (χ3v) is 3.58. The van der Waals surface area contributed by atoms with Crippen LogP contribution in [0.1, 0.15) is 16.9 Å². The number of pyridine rings is 1. The van der Waals surface area contributed by atoms with Crippen LogP contribution < -0.4 is 5.32 Å². The Morgan fingerprint density at radius 1 is 1.58 bits per heavy atom. The van der Waals surface area contributed by atoms with Crippen molar-refractivity contribution in [2.75, 3.05) is 20.2 Å². The van der Waals surface area contributed by atoms with Crippen molar-refractivity contribution in [1.29, 1.82) is 0 Å². The van der Waals surface area contributed by atoms with E-state index in [0.717, 1.165) is 0 Å². The molecular formula is C12H14BrN3O3. The predicted octanol–water partition coefficient (Wildman–Crippen LogP) is 1.41. The molecule has 0 aromatic carbocycles. The normalized spacial score (nSPS) is 18.2. The van der Waals surface area contributed by atoms with Crippen LogP contribution in [0.2, 0.25) is 0 Å². The highest BCUT2D eigenvalue weighted by Gasteiger charge is 2.29. The molecule has 2 amide bonds. The topological polar surface area (TPSA) is 71.5 Å². The van der Waals surface area contributed by atoms with Gasteiger partial charge in [0.25, 0.3) is 5.91 Å². The Morgan fingerprint density at radius 2 is 2.37 bits per heavy atom. The van der Waals surface area contributed by atoms with Crippen molar-refractivity contribution in [2.45, 2.75) is 12.5 Å². The van der Waals surface area contributed by atoms with Gasteiger partial charge < -0.3 is 15.0 Å². The summed E-state index contributed by atoms with van der Waals surface area (Å²) in [5.41, 5.74) is 0.390. The van der Waals surface area contributed by atoms with E-state index in [9.17, 15) is 9.59 Å². The third-order valence-electron chi connectivity index (χ3n) is 2.94. The number of carbonyl (C=O) groups excluding carboxylic acids is 2. The van der Waals surface area contributed by atoms with Crippen LogP contribution in [-0.4, -0.2) is 48.1 Å². The fourth-order valence-corrected chi connectivity index (χ4v) is 2.41. The number of ether oxygens (including phenoxy) is 1. The number of halogens is 1. The quantitative estimate of drug-likeness (QED) is 0.891. The first-order chi connectivity index (χ1) is 9.11. The van der Waals surface area contributed by atoms with Crippen molar-refractivity contribution in [2.24, 2.45) is 0 Å². The lowest BCUT2D eigenvalue weighted by molar-refractivity contribution is 0.0781. The molecule has 1 aromatic heterocycles. The maximum Gasteiger partial charge on any atom is 0.407 e. The monoisotopic (exact) mass is 327 g/mol. The van der Waals surface area contributed by atoms with E-state index in [1.54, 1.807) is 23.2 Å². The number of nitrogens with one attached hydrogen (secondary N) is 1. The minimum Gasteiger partial charge on any atom is -0.453 e. The molecular weight excluding hydrogens is 314 g/mol. The molecule has 1 saturated heterocycles. The smallest absolute Gasteiger partial charge is 0.407 e. The van der Waals surface area contributed by atoms with Gasteiger partial charge in [0, 0.05) is 23.8 Å². The summed E-state index contributed by atoms with van der Waals surface area (Å²) >= 11 is 3.31. The van der Waals surface area contributed by atoms with Crippen LogP contribution >= 0.6 is 15.9 Å². The molecule has 1 fully saturated rings. The molecule has 0 bridgehead atoms. The van der Waals surface area contributed by atoms with E-state index in [4.69, 9.17) is 0 Å². The van der Waals surface area contributed by atoms with E-state index in [1.807, 2.05) is 0 Å². The molecule has 0 spiro atoms. The molecule has 1 aromatic rings. The average molecular weight is 328 g/mol. The van der Waals surface area contributed by atoms with Crippen LogP contribution in [0, 0.1) is 0 Å². The van der Waals surface area contributed by atoms with Gasteiger partial charge in [0.2, 0.25) is 0 Å². The lowest BCUT2D eigenvalue weighted by Gasteiger charge is -2.16. The van der Waals surface area contributed by atoms with Crippen molar-refractivity contribution in [3.63, 3.8) is 0 Å². The summed E-state index contributed by atoms with van der Waals surface area (Å²) in [4.78, 5) is 29.1. The van der Waals surface area contributed by atoms with Crippen LogP contribution in [0.5, 0.6) is 0 Å². The number of carbonyl (C=O) groups is 2. The molecule has 1 N–H and O–H groups in total. The Hall–Kier alpha value is -1.63. The standard InChI is InChI=1S/C12H14BrN3O3/c1-19-12(18)15-8-4-6-16(7-8)11(17)10-9(13)3-2-5-14-10/h2-3,5,8H,4,6-7H2,1H3,(H,15,18). The highest BCUT2D eigenvalue weighted by molar-refractivity contribution is 9.10. The van der Waals surface area contributed by atoms with Gasteiger partial charge in [0.15, 0.2) is 0 Å². The fourth-order valence-electron chi connectivity index (χ4n) is 1.98. The second kappa shape index (κ2) is 6.01. The van der Waals surface area contributed by atoms with E-state index in [-0.39, 0.29) is 11.9 Å². The van der Waals surface area contributed by atoms with E-state index >= 15 is 0 Å². The summed E-state index contributed by atoms with van der Waals surface area (Å²) in [6, 6.07) is 3.46. The van der Waals surface area contributed by atoms with Gasteiger partial charge in [0.1, 0.15) is 5.69 Å². The van der Waals surface area contributed by atoms with E-state index in [0.29, 0.717) is 29.7 Å². The summed E-state index contributed by atoms with van der Waals surface area (Å²) in [6.45, 7) is 1.06. The molecule has 0 aliphatic carbocycles. The molecule has 2 rings (SSSR count). The maximum absolute atomic E-state index is 12.3. The van der Waals surface area contributed by atoms with E-state index in [2.05, 4.69) is 31.0 Å².